The third-order valence-electron chi connectivity index (χ3n) is 28.9. The summed E-state index contributed by atoms with van der Waals surface area (Å²) in [6, 6.07) is 98.4. The molecular formula is C112H107NO2. The first-order valence-electron chi connectivity index (χ1n) is 44.5. The lowest BCUT2D eigenvalue weighted by Crippen LogP contribution is -2.33. The molecule has 15 aromatic rings. The normalized spacial score (nSPS) is 14.9. The molecule has 572 valence electrons. The molecule has 2 aromatic heterocycles. The lowest BCUT2D eigenvalue weighted by molar-refractivity contribution is 0.369. The zero-order valence-corrected chi connectivity index (χ0v) is 68.4. The molecule has 0 aliphatic heterocycles. The van der Waals surface area contributed by atoms with Gasteiger partial charge in [-0.2, -0.15) is 0 Å². The van der Waals surface area contributed by atoms with Crippen molar-refractivity contribution < 1.29 is 8.83 Å². The van der Waals surface area contributed by atoms with Crippen LogP contribution in [0.15, 0.2) is 258 Å². The third kappa shape index (κ3) is 10.5. The summed E-state index contributed by atoms with van der Waals surface area (Å²) in [5.41, 5.74) is 41.4. The van der Waals surface area contributed by atoms with Crippen molar-refractivity contribution in [2.45, 2.75) is 217 Å². The highest BCUT2D eigenvalue weighted by Crippen LogP contribution is 2.72. The van der Waals surface area contributed by atoms with Crippen LogP contribution in [0, 0.1) is 13.8 Å². The topological polar surface area (TPSA) is 29.5 Å². The Morgan fingerprint density at radius 1 is 0.252 bits per heavy atom. The molecule has 0 unspecified atom stereocenters. The van der Waals surface area contributed by atoms with Crippen LogP contribution in [0.3, 0.4) is 0 Å². The van der Waals surface area contributed by atoms with Gasteiger partial charge < -0.3 is 13.7 Å². The number of unbranched alkanes of at least 4 members (excludes halogenated alkanes) is 16. The van der Waals surface area contributed by atoms with Gasteiger partial charge in [0.05, 0.1) is 10.8 Å². The first kappa shape index (κ1) is 72.0. The molecule has 0 atom stereocenters. The minimum atomic E-state index is -0.691. The van der Waals surface area contributed by atoms with Crippen LogP contribution < -0.4 is 4.90 Å². The minimum Gasteiger partial charge on any atom is -0.456 e. The van der Waals surface area contributed by atoms with Gasteiger partial charge in [-0.15, -0.1) is 0 Å². The summed E-state index contributed by atoms with van der Waals surface area (Å²) in [5.74, 6) is 0. The zero-order chi connectivity index (χ0) is 77.3. The maximum atomic E-state index is 7.75. The number of rotatable bonds is 27. The van der Waals surface area contributed by atoms with Gasteiger partial charge in [0.2, 0.25) is 0 Å². The summed E-state index contributed by atoms with van der Waals surface area (Å²) < 4.78 is 14.7. The second-order valence-corrected chi connectivity index (χ2v) is 35.4. The third-order valence-corrected chi connectivity index (χ3v) is 28.9. The molecule has 13 aromatic carbocycles. The molecule has 2 spiro atoms. The van der Waals surface area contributed by atoms with E-state index >= 15 is 0 Å². The number of furan rings is 2. The van der Waals surface area contributed by atoms with Gasteiger partial charge in [0.1, 0.15) is 22.3 Å². The summed E-state index contributed by atoms with van der Waals surface area (Å²) in [5, 5.41) is 4.93. The zero-order valence-electron chi connectivity index (χ0n) is 68.4. The highest BCUT2D eigenvalue weighted by atomic mass is 16.3. The van der Waals surface area contributed by atoms with Crippen molar-refractivity contribution in [3.8, 4) is 66.8 Å². The quantitative estimate of drug-likeness (QED) is 0.0481. The molecule has 0 saturated carbocycles. The standard InChI is InChI=1S/C112H107NO2/c1-7-11-15-19-37-61-109(62-38-20-16-12-8-2)88-48-30-27-45-82(88)103-104-85-47-29-36-54-99(85)115-108(104)105-83-58-56-74(68-94(83)110(107(105)106(103)109,63-39-21-17-13-9-3)64-40-22-18-14-10-4)113(76-66-72(5)65-73(6)67-76)75-55-57-81-86-70-97-87(71-96(86)112(95(81)69-75)91-51-33-25-43-79(91)80-44-26-34-52-92(80)112)101-93(59-60-100-102(101)84-46-28-35-53-98(84)114-100)111(97)89-49-31-23-41-77(89)78-42-24-32-50-90(78)111/h23-36,41-60,65-71H,7-22,37-40,61-64H2,1-6H3. The minimum absolute atomic E-state index is 0.168. The van der Waals surface area contributed by atoms with E-state index in [1.807, 2.05) is 0 Å². The Hall–Kier alpha value is -10.7. The molecule has 3 heteroatoms. The molecule has 0 bridgehead atoms. The van der Waals surface area contributed by atoms with Crippen LogP contribution in [0.25, 0.3) is 111 Å². The molecule has 0 saturated heterocycles. The van der Waals surface area contributed by atoms with Gasteiger partial charge >= 0.3 is 0 Å². The molecular weight excluding hydrogens is 1390 g/mol. The van der Waals surface area contributed by atoms with Crippen LogP contribution in [0.1, 0.15) is 260 Å². The lowest BCUT2D eigenvalue weighted by Gasteiger charge is -2.40. The molecule has 2 heterocycles. The van der Waals surface area contributed by atoms with E-state index < -0.39 is 10.8 Å². The smallest absolute Gasteiger partial charge is 0.144 e. The van der Waals surface area contributed by atoms with E-state index in [0.29, 0.717) is 0 Å². The number of anilines is 3. The average Bonchev–Trinajstić information content (AvgIpc) is 1.49. The monoisotopic (exact) mass is 1500 g/mol. The van der Waals surface area contributed by atoms with Crippen LogP contribution >= 0.6 is 0 Å². The first-order chi connectivity index (χ1) is 56.7. The Kier molecular flexibility index (Phi) is 17.9. The fourth-order valence-corrected chi connectivity index (χ4v) is 24.2. The average molecular weight is 1500 g/mol. The van der Waals surface area contributed by atoms with Crippen LogP contribution in [-0.4, -0.2) is 0 Å². The molecule has 0 N–H and O–H groups in total. The Morgan fingerprint density at radius 3 is 1.18 bits per heavy atom. The van der Waals surface area contributed by atoms with Crippen LogP contribution in [0.4, 0.5) is 17.1 Å². The van der Waals surface area contributed by atoms with Gasteiger partial charge in [0.25, 0.3) is 0 Å². The fourth-order valence-electron chi connectivity index (χ4n) is 24.2. The van der Waals surface area contributed by atoms with E-state index in [1.54, 1.807) is 16.7 Å². The molecule has 21 rings (SSSR count). The Morgan fingerprint density at radius 2 is 0.643 bits per heavy atom. The van der Waals surface area contributed by atoms with E-state index in [4.69, 9.17) is 8.83 Å². The highest BCUT2D eigenvalue weighted by molar-refractivity contribution is 6.22. The highest BCUT2D eigenvalue weighted by Gasteiger charge is 2.59. The summed E-state index contributed by atoms with van der Waals surface area (Å²) in [6.45, 7) is 14.1. The number of fused-ring (bicyclic) bond motifs is 36. The van der Waals surface area contributed by atoms with Crippen molar-refractivity contribution in [1.82, 2.24) is 0 Å². The number of hydrogen-bond acceptors (Lipinski definition) is 3. The molecule has 0 fully saturated rings. The van der Waals surface area contributed by atoms with Gasteiger partial charge in [-0.05, 0) is 245 Å². The predicted molar refractivity (Wildman–Crippen MR) is 484 cm³/mol. The Labute approximate surface area is 680 Å². The van der Waals surface area contributed by atoms with Crippen molar-refractivity contribution in [2.24, 2.45) is 0 Å². The number of hydrogen-bond donors (Lipinski definition) is 0. The molecule has 6 aliphatic carbocycles. The van der Waals surface area contributed by atoms with Crippen molar-refractivity contribution in [3.63, 3.8) is 0 Å². The molecule has 115 heavy (non-hydrogen) atoms. The number of benzene rings is 13. The number of para-hydroxylation sites is 2. The van der Waals surface area contributed by atoms with Crippen LogP contribution in [0.2, 0.25) is 0 Å². The van der Waals surface area contributed by atoms with Gasteiger partial charge in [0.15, 0.2) is 0 Å². The van der Waals surface area contributed by atoms with Crippen LogP contribution in [0.5, 0.6) is 0 Å². The molecule has 0 radical (unpaired) electrons. The molecule has 6 aliphatic rings. The van der Waals surface area contributed by atoms with Gasteiger partial charge in [-0.1, -0.05) is 338 Å². The van der Waals surface area contributed by atoms with Crippen molar-refractivity contribution >= 4 is 60.9 Å². The Bertz CT molecular complexity index is 6240. The predicted octanol–water partition coefficient (Wildman–Crippen LogP) is 32.2. The maximum Gasteiger partial charge on any atom is 0.144 e. The van der Waals surface area contributed by atoms with Crippen molar-refractivity contribution in [2.75, 3.05) is 4.90 Å². The second-order valence-electron chi connectivity index (χ2n) is 35.4. The van der Waals surface area contributed by atoms with E-state index in [9.17, 15) is 0 Å². The van der Waals surface area contributed by atoms with E-state index in [-0.39, 0.29) is 10.8 Å². The van der Waals surface area contributed by atoms with Gasteiger partial charge in [0, 0.05) is 55.0 Å². The molecule has 0 amide bonds. The first-order valence-corrected chi connectivity index (χ1v) is 44.5. The SMILES string of the molecule is CCCCCCCC1(CCCCCCC)c2cc(N(c3cc(C)cc(C)c3)c3ccc4c(c3)C3(c5ccccc5-c5ccccc53)c3cc5c(cc3-4)C3(c4ccccc4-c4ccccc43)c3ccc4oc6ccccc6c4c3-5)ccc2-c2c1c1c(c3c2oc2ccccc23)-c2ccccc2C1(CCCCCCC)CCCCCCC. The largest absolute Gasteiger partial charge is 0.456 e. The van der Waals surface area contributed by atoms with Gasteiger partial charge in [-0.25, -0.2) is 0 Å². The number of nitrogens with zero attached hydrogens (tertiary/aromatic N) is 1. The maximum absolute atomic E-state index is 7.75. The van der Waals surface area contributed by atoms with Gasteiger partial charge in [-0.3, -0.25) is 0 Å². The van der Waals surface area contributed by atoms with E-state index in [0.717, 1.165) is 53.4 Å². The van der Waals surface area contributed by atoms with Crippen molar-refractivity contribution in [1.29, 1.82) is 0 Å². The summed E-state index contributed by atoms with van der Waals surface area (Å²) >= 11 is 0. The fraction of sp³-hybridized carbons (Fsp3) is 0.304. The summed E-state index contributed by atoms with van der Waals surface area (Å²) in [6.07, 6.45) is 29.5. The Balaban J connectivity index is 0.830. The van der Waals surface area contributed by atoms with Crippen molar-refractivity contribution in [3.05, 3.63) is 327 Å². The summed E-state index contributed by atoms with van der Waals surface area (Å²) in [4.78, 5) is 2.70. The van der Waals surface area contributed by atoms with E-state index in [1.165, 1.54) is 290 Å². The van der Waals surface area contributed by atoms with E-state index in [2.05, 4.69) is 295 Å². The second kappa shape index (κ2) is 28.6. The summed E-state index contributed by atoms with van der Waals surface area (Å²) in [7, 11) is 0. The van der Waals surface area contributed by atoms with Crippen LogP contribution in [-0.2, 0) is 21.7 Å². The number of aryl methyl sites for hydroxylation is 2. The molecule has 3 nitrogen and oxygen atoms in total. The lowest BCUT2D eigenvalue weighted by atomic mass is 9.62.